The fourth-order valence-corrected chi connectivity index (χ4v) is 6.50. The van der Waals surface area contributed by atoms with Gasteiger partial charge in [-0.25, -0.2) is 0 Å². The minimum absolute atomic E-state index is 0.0299. The fraction of sp³-hybridized carbons (Fsp3) is 0.268. The van der Waals surface area contributed by atoms with Gasteiger partial charge in [-0.1, -0.05) is 159 Å². The third kappa shape index (κ3) is 4.64. The lowest BCUT2D eigenvalue weighted by Gasteiger charge is -2.28. The second-order valence-electron chi connectivity index (χ2n) is 14.3. The van der Waals surface area contributed by atoms with Crippen LogP contribution in [0.1, 0.15) is 77.6 Å². The van der Waals surface area contributed by atoms with Gasteiger partial charge in [0.2, 0.25) is 0 Å². The number of hydrogen-bond acceptors (Lipinski definition) is 0. The second kappa shape index (κ2) is 9.59. The lowest BCUT2D eigenvalue weighted by Crippen LogP contribution is -2.19. The third-order valence-electron chi connectivity index (χ3n) is 9.03. The van der Waals surface area contributed by atoms with Crippen LogP contribution < -0.4 is 0 Å². The van der Waals surface area contributed by atoms with Crippen LogP contribution in [0.3, 0.4) is 0 Å². The predicted molar refractivity (Wildman–Crippen MR) is 178 cm³/mol. The summed E-state index contributed by atoms with van der Waals surface area (Å²) >= 11 is 0. The van der Waals surface area contributed by atoms with E-state index in [4.69, 9.17) is 0 Å². The van der Waals surface area contributed by atoms with Gasteiger partial charge < -0.3 is 0 Å². The zero-order valence-electron chi connectivity index (χ0n) is 25.9. The Labute approximate surface area is 247 Å². The number of hydrogen-bond donors (Lipinski definition) is 0. The maximum atomic E-state index is 2.50. The molecule has 0 nitrogen and oxygen atoms in total. The Bertz CT molecular complexity index is 1750. The molecule has 0 spiro atoms. The Morgan fingerprint density at radius 3 is 1.49 bits per heavy atom. The van der Waals surface area contributed by atoms with Crippen molar-refractivity contribution < 1.29 is 0 Å². The van der Waals surface area contributed by atoms with Crippen LogP contribution in [0.25, 0.3) is 44.5 Å². The molecule has 0 bridgehead atoms. The molecule has 0 aliphatic heterocycles. The Balaban J connectivity index is 1.67. The molecule has 5 aromatic carbocycles. The fourth-order valence-electron chi connectivity index (χ4n) is 6.50. The van der Waals surface area contributed by atoms with Crippen LogP contribution in [0.5, 0.6) is 0 Å². The van der Waals surface area contributed by atoms with E-state index in [0.717, 1.165) is 0 Å². The lowest BCUT2D eigenvalue weighted by molar-refractivity contribution is 0.580. The van der Waals surface area contributed by atoms with Crippen LogP contribution in [0.4, 0.5) is 0 Å². The van der Waals surface area contributed by atoms with Crippen molar-refractivity contribution in [1.82, 2.24) is 0 Å². The van der Waals surface area contributed by atoms with E-state index in [9.17, 15) is 0 Å². The Morgan fingerprint density at radius 2 is 0.902 bits per heavy atom. The van der Waals surface area contributed by atoms with Gasteiger partial charge in [-0.05, 0) is 83.7 Å². The summed E-state index contributed by atoms with van der Waals surface area (Å²) in [5, 5.41) is 0. The minimum Gasteiger partial charge on any atom is -0.0622 e. The maximum Gasteiger partial charge on any atom is 0.0159 e. The minimum atomic E-state index is -0.0845. The van der Waals surface area contributed by atoms with E-state index in [1.807, 2.05) is 0 Å². The molecule has 0 unspecified atom stereocenters. The second-order valence-corrected chi connectivity index (χ2v) is 14.3. The summed E-state index contributed by atoms with van der Waals surface area (Å²) in [6, 6.07) is 40.8. The zero-order chi connectivity index (χ0) is 29.2. The van der Waals surface area contributed by atoms with Crippen molar-refractivity contribution in [1.29, 1.82) is 0 Å². The number of rotatable bonds is 3. The van der Waals surface area contributed by atoms with Crippen LogP contribution in [0.15, 0.2) is 109 Å². The van der Waals surface area contributed by atoms with Gasteiger partial charge in [0.1, 0.15) is 0 Å². The summed E-state index contributed by atoms with van der Waals surface area (Å²) in [5.74, 6) is 0. The highest BCUT2D eigenvalue weighted by atomic mass is 14.4. The molecule has 1 aliphatic rings. The normalized spacial score (nSPS) is 14.0. The van der Waals surface area contributed by atoms with Crippen molar-refractivity contribution in [2.75, 3.05) is 0 Å². The Hall–Kier alpha value is -3.90. The summed E-state index contributed by atoms with van der Waals surface area (Å²) in [6.45, 7) is 18.8. The van der Waals surface area contributed by atoms with Crippen molar-refractivity contribution in [2.45, 2.75) is 71.6 Å². The SMILES string of the molecule is CC(C)(C)c1ccc2c(c1)C(C)(C)c1cc(C(C)(C)C)cc(-c3ccccc3-c3ccccc3-c3ccccc3)c1-2. The summed E-state index contributed by atoms with van der Waals surface area (Å²) in [4.78, 5) is 0. The van der Waals surface area contributed by atoms with Gasteiger partial charge >= 0.3 is 0 Å². The van der Waals surface area contributed by atoms with E-state index in [1.165, 1.54) is 66.8 Å². The summed E-state index contributed by atoms with van der Waals surface area (Å²) in [7, 11) is 0. The van der Waals surface area contributed by atoms with E-state index < -0.39 is 0 Å². The van der Waals surface area contributed by atoms with E-state index in [1.54, 1.807) is 0 Å². The average molecular weight is 535 g/mol. The largest absolute Gasteiger partial charge is 0.0622 e. The Morgan fingerprint density at radius 1 is 0.415 bits per heavy atom. The summed E-state index contributed by atoms with van der Waals surface area (Å²) < 4.78 is 0. The highest BCUT2D eigenvalue weighted by Gasteiger charge is 2.39. The first-order valence-electron chi connectivity index (χ1n) is 15.0. The molecule has 5 aromatic rings. The first-order valence-corrected chi connectivity index (χ1v) is 15.0. The number of benzene rings is 5. The van der Waals surface area contributed by atoms with Gasteiger partial charge in [0.15, 0.2) is 0 Å². The molecule has 41 heavy (non-hydrogen) atoms. The molecule has 0 N–H and O–H groups in total. The van der Waals surface area contributed by atoms with E-state index in [-0.39, 0.29) is 16.2 Å². The van der Waals surface area contributed by atoms with Crippen molar-refractivity contribution in [3.05, 3.63) is 131 Å². The lowest BCUT2D eigenvalue weighted by atomic mass is 9.76. The first kappa shape index (κ1) is 27.3. The van der Waals surface area contributed by atoms with Crippen molar-refractivity contribution in [3.63, 3.8) is 0 Å². The predicted octanol–water partition coefficient (Wildman–Crippen LogP) is 11.6. The number of fused-ring (bicyclic) bond motifs is 3. The van der Waals surface area contributed by atoms with Gasteiger partial charge in [-0.3, -0.25) is 0 Å². The monoisotopic (exact) mass is 534 g/mol. The third-order valence-corrected chi connectivity index (χ3v) is 9.03. The van der Waals surface area contributed by atoms with Crippen molar-refractivity contribution >= 4 is 0 Å². The van der Waals surface area contributed by atoms with E-state index >= 15 is 0 Å². The molecular formula is C41H42. The van der Waals surface area contributed by atoms with Gasteiger partial charge in [0.25, 0.3) is 0 Å². The molecule has 0 radical (unpaired) electrons. The summed E-state index contributed by atoms with van der Waals surface area (Å²) in [5.41, 5.74) is 16.2. The highest BCUT2D eigenvalue weighted by Crippen LogP contribution is 2.55. The Kier molecular flexibility index (Phi) is 6.38. The molecule has 0 heterocycles. The zero-order valence-corrected chi connectivity index (χ0v) is 25.9. The van der Waals surface area contributed by atoms with Crippen LogP contribution in [-0.4, -0.2) is 0 Å². The molecule has 0 saturated heterocycles. The molecule has 0 fully saturated rings. The maximum absolute atomic E-state index is 2.50. The molecule has 0 aromatic heterocycles. The van der Waals surface area contributed by atoms with Gasteiger partial charge in [-0.2, -0.15) is 0 Å². The smallest absolute Gasteiger partial charge is 0.0159 e. The average Bonchev–Trinajstić information content (AvgIpc) is 3.18. The molecule has 0 atom stereocenters. The van der Waals surface area contributed by atoms with Gasteiger partial charge in [0.05, 0.1) is 0 Å². The van der Waals surface area contributed by atoms with Crippen LogP contribution >= 0.6 is 0 Å². The van der Waals surface area contributed by atoms with Crippen LogP contribution in [0.2, 0.25) is 0 Å². The first-order chi connectivity index (χ1) is 19.4. The molecule has 1 aliphatic carbocycles. The highest BCUT2D eigenvalue weighted by molar-refractivity contribution is 5.99. The molecule has 0 heteroatoms. The van der Waals surface area contributed by atoms with Crippen LogP contribution in [0, 0.1) is 0 Å². The topological polar surface area (TPSA) is 0 Å². The molecule has 206 valence electrons. The molecule has 0 amide bonds. The van der Waals surface area contributed by atoms with Crippen molar-refractivity contribution in [3.8, 4) is 44.5 Å². The van der Waals surface area contributed by atoms with Gasteiger partial charge in [-0.15, -0.1) is 0 Å². The van der Waals surface area contributed by atoms with Crippen molar-refractivity contribution in [2.24, 2.45) is 0 Å². The molecule has 6 rings (SSSR count). The quantitative estimate of drug-likeness (QED) is 0.216. The van der Waals surface area contributed by atoms with E-state index in [0.29, 0.717) is 0 Å². The molecule has 0 saturated carbocycles. The molecular weight excluding hydrogens is 492 g/mol. The summed E-state index contributed by atoms with van der Waals surface area (Å²) in [6.07, 6.45) is 0. The van der Waals surface area contributed by atoms with Gasteiger partial charge in [0, 0.05) is 5.41 Å². The van der Waals surface area contributed by atoms with E-state index in [2.05, 4.69) is 165 Å². The standard InChI is InChI=1S/C41H42/c1-39(2,3)28-22-23-34-36(25-28)41(7,8)37-26-29(40(4,5)6)24-35(38(34)37)33-21-15-14-20-32(33)31-19-13-12-18-30(31)27-16-10-9-11-17-27/h9-26H,1-8H3. The van der Waals surface area contributed by atoms with Crippen LogP contribution in [-0.2, 0) is 16.2 Å².